The van der Waals surface area contributed by atoms with Crippen molar-refractivity contribution < 1.29 is 33.5 Å². The summed E-state index contributed by atoms with van der Waals surface area (Å²) in [4.78, 5) is 85.2. The molecule has 572 valence electrons. The molecule has 0 unspecified atom stereocenters. The average Bonchev–Trinajstić information content (AvgIpc) is 1.62. The van der Waals surface area contributed by atoms with E-state index < -0.39 is 36.3 Å². The second-order valence-corrected chi connectivity index (χ2v) is 29.5. The minimum atomic E-state index is -0.642. The molecule has 0 bridgehead atoms. The van der Waals surface area contributed by atoms with Gasteiger partial charge in [0.15, 0.2) is 0 Å². The quantitative estimate of drug-likeness (QED) is 0.0194. The maximum absolute atomic E-state index is 14.2. The third-order valence-electron chi connectivity index (χ3n) is 21.8. The van der Waals surface area contributed by atoms with Crippen molar-refractivity contribution >= 4 is 35.4 Å². The van der Waals surface area contributed by atoms with Gasteiger partial charge in [0.25, 0.3) is 0 Å². The largest absolute Gasteiger partial charge is 0.375 e. The molecular formula is C86H111N15O7. The van der Waals surface area contributed by atoms with Crippen LogP contribution in [0.1, 0.15) is 197 Å². The average molecular weight is 1470 g/mol. The molecule has 8 aromatic rings. The number of carbonyl (C=O) groups is 6. The number of fused-ring (bicyclic) bond motifs is 2. The monoisotopic (exact) mass is 1470 g/mol. The van der Waals surface area contributed by atoms with Crippen LogP contribution in [-0.2, 0) is 72.5 Å². The van der Waals surface area contributed by atoms with Crippen LogP contribution < -0.4 is 37.2 Å². The van der Waals surface area contributed by atoms with Crippen molar-refractivity contribution in [1.29, 1.82) is 0 Å². The van der Waals surface area contributed by atoms with Crippen LogP contribution in [0, 0.1) is 6.92 Å². The Morgan fingerprint density at radius 2 is 0.861 bits per heavy atom. The van der Waals surface area contributed by atoms with Gasteiger partial charge < -0.3 is 51.8 Å². The molecular weight excluding hydrogens is 1360 g/mol. The number of hydrogen-bond donors (Lipinski definition) is 7. The molecule has 4 fully saturated rings. The molecule has 4 aliphatic rings. The van der Waals surface area contributed by atoms with Crippen molar-refractivity contribution in [1.82, 2.24) is 77.0 Å². The summed E-state index contributed by atoms with van der Waals surface area (Å²) >= 11 is 0. The van der Waals surface area contributed by atoms with Crippen molar-refractivity contribution in [2.24, 2.45) is 0 Å². The Morgan fingerprint density at radius 3 is 1.28 bits per heavy atom. The summed E-state index contributed by atoms with van der Waals surface area (Å²) in [7, 11) is 3.45. The maximum atomic E-state index is 14.2. The van der Waals surface area contributed by atoms with Gasteiger partial charge in [-0.1, -0.05) is 207 Å². The van der Waals surface area contributed by atoms with Crippen LogP contribution in [-0.4, -0.2) is 151 Å². The van der Waals surface area contributed by atoms with Crippen molar-refractivity contribution in [3.05, 3.63) is 238 Å². The summed E-state index contributed by atoms with van der Waals surface area (Å²) < 4.78 is 9.73. The van der Waals surface area contributed by atoms with Gasteiger partial charge in [0.1, 0.15) is 29.9 Å². The highest BCUT2D eigenvalue weighted by Crippen LogP contribution is 2.36. The number of hydrogen-bond acceptors (Lipinski definition) is 14. The number of likely N-dealkylation sites (N-methyl/N-ethyl adjacent to an activating group) is 2. The normalized spacial score (nSPS) is 20.0. The standard InChI is InChI=1S/C52H66N8O4.C34H45N7O3/c1-4-54-48(40-17-7-5-8-18-40)42-27-23-39(24-28-42)16-14-34-64-36-44-35-59(58-57-44)33-13-15-38-25-29-43(30-26-38)49(41-19-9-6-10-20-41)56-51(62)47-32-31-45-21-11-12-22-46(52(63)60(45)47)55-50(61)37(2)53-3;1-23-22-40(39-38-23)21-9-10-25-15-17-27(18-16-25)31(26-11-5-4-6-12-26)37-33(43)30-20-19-28-13-7-8-14-29(34(44)41(28)30)36-32(42)24(2)35-3/h5-10,17-20,23-30,35,37,45-49,53-54H,4,11-16,21-22,31-34,36H2,1-3H3,(H,55,61)(H,56,62);4-6,11-12,15-18,22,24,28-31,35H,7-10,13-14,19-21H2,1-3H3,(H,36,42)(H,37,43)/t37-,45-,46-,47-,48-,49-;24-,28-,29-,30-,31-/m00/s1. The number of aryl methyl sites for hydroxylation is 6. The van der Waals surface area contributed by atoms with Crippen LogP contribution in [0.5, 0.6) is 0 Å². The minimum Gasteiger partial charge on any atom is -0.375 e. The summed E-state index contributed by atoms with van der Waals surface area (Å²) in [6.07, 6.45) is 18.7. The van der Waals surface area contributed by atoms with Crippen LogP contribution in [0.3, 0.4) is 0 Å². The fourth-order valence-electron chi connectivity index (χ4n) is 15.6. The van der Waals surface area contributed by atoms with Gasteiger partial charge in [-0.25, -0.2) is 0 Å². The number of amides is 6. The molecule has 11 atom stereocenters. The second kappa shape index (κ2) is 39.9. The van der Waals surface area contributed by atoms with Gasteiger partial charge in [-0.2, -0.15) is 0 Å². The Morgan fingerprint density at radius 1 is 0.472 bits per heavy atom. The fourth-order valence-corrected chi connectivity index (χ4v) is 15.6. The SMILES string of the molecule is CCN[C@@H](c1ccccc1)c1ccc(CCCOCc2cn(CCCc3ccc([C@@H](NC(=O)[C@@H]4CC[C@@H]5CCCC[C@H](NC(=O)[C@H](C)NC)C(=O)N54)c4ccccc4)cc3)nn2)cc1.CN[C@@H](C)C(=O)N[C@H]1CCCC[C@H]2CC[C@@H](C(=O)N[C@@H](c3ccccc3)c3ccc(CCCn4cc(C)nn4)cc3)N2C1=O. The maximum Gasteiger partial charge on any atom is 0.246 e. The van der Waals surface area contributed by atoms with Crippen molar-refractivity contribution in [3.63, 3.8) is 0 Å². The summed E-state index contributed by atoms with van der Waals surface area (Å²) in [5.74, 6) is -1.04. The summed E-state index contributed by atoms with van der Waals surface area (Å²) in [6, 6.07) is 52.5. The zero-order chi connectivity index (χ0) is 75.7. The highest BCUT2D eigenvalue weighted by Gasteiger charge is 2.46. The number of ether oxygens (including phenoxy) is 1. The Bertz CT molecular complexity index is 4140. The highest BCUT2D eigenvalue weighted by molar-refractivity contribution is 5.95. The van der Waals surface area contributed by atoms with E-state index in [1.807, 2.05) is 89.3 Å². The molecule has 0 saturated carbocycles. The van der Waals surface area contributed by atoms with Crippen LogP contribution in [0.25, 0.3) is 0 Å². The van der Waals surface area contributed by atoms with E-state index in [-0.39, 0.29) is 65.7 Å². The molecule has 0 radical (unpaired) electrons. The summed E-state index contributed by atoms with van der Waals surface area (Å²) in [6.45, 7) is 11.2. The lowest BCUT2D eigenvalue weighted by molar-refractivity contribution is -0.144. The number of carbonyl (C=O) groups excluding carboxylic acids is 6. The van der Waals surface area contributed by atoms with E-state index >= 15 is 0 Å². The smallest absolute Gasteiger partial charge is 0.246 e. The van der Waals surface area contributed by atoms with Crippen molar-refractivity contribution in [3.8, 4) is 0 Å². The van der Waals surface area contributed by atoms with Crippen LogP contribution in [0.2, 0.25) is 0 Å². The lowest BCUT2D eigenvalue weighted by Crippen LogP contribution is -2.58. The lowest BCUT2D eigenvalue weighted by Gasteiger charge is -2.36. The molecule has 6 amide bonds. The Hall–Kier alpha value is -9.74. The van der Waals surface area contributed by atoms with E-state index in [2.05, 4.69) is 168 Å². The number of aromatic nitrogens is 6. The zero-order valence-electron chi connectivity index (χ0n) is 63.8. The summed E-state index contributed by atoms with van der Waals surface area (Å²) in [5, 5.41) is 38.9. The predicted octanol–water partition coefficient (Wildman–Crippen LogP) is 10.4. The van der Waals surface area contributed by atoms with Gasteiger partial charge in [-0.15, -0.1) is 10.2 Å². The van der Waals surface area contributed by atoms with Gasteiger partial charge in [0.2, 0.25) is 35.4 Å². The Labute approximate surface area is 637 Å². The van der Waals surface area contributed by atoms with Crippen LogP contribution in [0.15, 0.2) is 176 Å². The number of benzene rings is 6. The van der Waals surface area contributed by atoms with Gasteiger partial charge in [-0.05, 0) is 181 Å². The molecule has 4 saturated heterocycles. The molecule has 108 heavy (non-hydrogen) atoms. The lowest BCUT2D eigenvalue weighted by atomic mass is 9.96. The fraction of sp³-hybridized carbons (Fsp3) is 0.465. The molecule has 0 spiro atoms. The molecule has 22 nitrogen and oxygen atoms in total. The topological polar surface area (TPSA) is 264 Å². The van der Waals surface area contributed by atoms with E-state index in [0.717, 1.165) is 143 Å². The van der Waals surface area contributed by atoms with Gasteiger partial charge in [-0.3, -0.25) is 38.1 Å². The number of nitrogens with one attached hydrogen (secondary N) is 7. The Kier molecular flexibility index (Phi) is 29.3. The third-order valence-corrected chi connectivity index (χ3v) is 21.8. The summed E-state index contributed by atoms with van der Waals surface area (Å²) in [5.41, 5.74) is 11.9. The second-order valence-electron chi connectivity index (χ2n) is 29.5. The first-order valence-electron chi connectivity index (χ1n) is 39.3. The van der Waals surface area contributed by atoms with E-state index in [9.17, 15) is 28.8 Å². The van der Waals surface area contributed by atoms with E-state index in [4.69, 9.17) is 4.74 Å². The molecule has 4 aliphatic heterocycles. The van der Waals surface area contributed by atoms with Gasteiger partial charge in [0, 0.05) is 38.0 Å². The van der Waals surface area contributed by atoms with Crippen LogP contribution >= 0.6 is 0 Å². The minimum absolute atomic E-state index is 0.00957. The molecule has 12 rings (SSSR count). The predicted molar refractivity (Wildman–Crippen MR) is 419 cm³/mol. The first kappa shape index (κ1) is 79.3. The zero-order valence-corrected chi connectivity index (χ0v) is 63.8. The van der Waals surface area contributed by atoms with Gasteiger partial charge in [0.05, 0.1) is 48.7 Å². The molecule has 2 aromatic heterocycles. The molecule has 6 heterocycles. The number of nitrogens with zero attached hydrogens (tertiary/aromatic N) is 8. The molecule has 0 aliphatic carbocycles. The molecule has 6 aromatic carbocycles. The van der Waals surface area contributed by atoms with E-state index in [0.29, 0.717) is 38.9 Å². The third kappa shape index (κ3) is 21.6. The molecule has 7 N–H and O–H groups in total. The van der Waals surface area contributed by atoms with E-state index in [1.54, 1.807) is 37.7 Å². The number of rotatable bonds is 32. The first-order valence-corrected chi connectivity index (χ1v) is 39.3. The Balaban J connectivity index is 0.000000230. The van der Waals surface area contributed by atoms with Crippen molar-refractivity contribution in [2.75, 3.05) is 27.2 Å². The highest BCUT2D eigenvalue weighted by atomic mass is 16.5. The van der Waals surface area contributed by atoms with Crippen LogP contribution in [0.4, 0.5) is 0 Å². The van der Waals surface area contributed by atoms with Gasteiger partial charge >= 0.3 is 0 Å². The van der Waals surface area contributed by atoms with E-state index in [1.165, 1.54) is 27.8 Å². The molecule has 22 heteroatoms. The van der Waals surface area contributed by atoms with Crippen molar-refractivity contribution in [2.45, 2.75) is 229 Å². The first-order chi connectivity index (χ1) is 52.6.